The Balaban J connectivity index is 2.01. The van der Waals surface area contributed by atoms with Crippen molar-refractivity contribution in [2.45, 2.75) is 10.9 Å². The van der Waals surface area contributed by atoms with Gasteiger partial charge in [0.1, 0.15) is 0 Å². The molecule has 0 saturated heterocycles. The number of anilines is 1. The normalized spacial score (nSPS) is 10.5. The van der Waals surface area contributed by atoms with E-state index in [1.165, 1.54) is 33.8 Å². The van der Waals surface area contributed by atoms with E-state index in [4.69, 9.17) is 18.0 Å². The summed E-state index contributed by atoms with van der Waals surface area (Å²) in [6.07, 6.45) is 1.90. The summed E-state index contributed by atoms with van der Waals surface area (Å²) in [6.45, 7) is 0. The van der Waals surface area contributed by atoms with Gasteiger partial charge in [0.05, 0.1) is 0 Å². The van der Waals surface area contributed by atoms with E-state index in [2.05, 4.69) is 22.2 Å². The Labute approximate surface area is 119 Å². The van der Waals surface area contributed by atoms with Crippen LogP contribution in [0.5, 0.6) is 0 Å². The van der Waals surface area contributed by atoms with Gasteiger partial charge in [-0.25, -0.2) is 0 Å². The van der Waals surface area contributed by atoms with Gasteiger partial charge < -0.3 is 5.73 Å². The molecule has 2 rings (SSSR count). The third-order valence-electron chi connectivity index (χ3n) is 2.17. The van der Waals surface area contributed by atoms with Crippen LogP contribution in [-0.4, -0.2) is 25.3 Å². The third kappa shape index (κ3) is 3.24. The number of hydrogen-bond acceptors (Lipinski definition) is 6. The minimum Gasteiger partial charge on any atom is -0.368 e. The number of nitrogens with two attached hydrogens (primary N) is 1. The molecule has 2 N–H and O–H groups in total. The predicted molar refractivity (Wildman–Crippen MR) is 81.9 cm³/mol. The van der Waals surface area contributed by atoms with E-state index in [-0.39, 0.29) is 0 Å². The first-order valence-corrected chi connectivity index (χ1v) is 7.80. The summed E-state index contributed by atoms with van der Waals surface area (Å²) in [5, 5.41) is 4.86. The van der Waals surface area contributed by atoms with Crippen LogP contribution in [0.1, 0.15) is 5.56 Å². The van der Waals surface area contributed by atoms with Crippen molar-refractivity contribution in [3.05, 3.63) is 35.9 Å². The lowest BCUT2D eigenvalue weighted by Gasteiger charge is -2.04. The van der Waals surface area contributed by atoms with E-state index in [1.54, 1.807) is 0 Å². The van der Waals surface area contributed by atoms with Gasteiger partial charge in [-0.05, 0) is 11.8 Å². The third-order valence-corrected chi connectivity index (χ3v) is 4.14. The van der Waals surface area contributed by atoms with Crippen LogP contribution in [0.15, 0.2) is 35.5 Å². The van der Waals surface area contributed by atoms with Crippen LogP contribution in [0.25, 0.3) is 0 Å². The SMILES string of the molecule is CSc1nc(N)n(C(=S)SCc2ccccc2)n1. The molecule has 0 unspecified atom stereocenters. The van der Waals surface area contributed by atoms with E-state index >= 15 is 0 Å². The number of thiocarbonyl (C=S) groups is 1. The number of aromatic nitrogens is 3. The molecule has 2 aromatic rings. The minimum absolute atomic E-state index is 0.338. The highest BCUT2D eigenvalue weighted by Gasteiger charge is 2.10. The topological polar surface area (TPSA) is 56.7 Å². The van der Waals surface area contributed by atoms with Gasteiger partial charge in [0.15, 0.2) is 4.32 Å². The molecule has 7 heteroatoms. The van der Waals surface area contributed by atoms with Crippen LogP contribution in [0, 0.1) is 0 Å². The zero-order valence-electron chi connectivity index (χ0n) is 9.74. The van der Waals surface area contributed by atoms with Crippen molar-refractivity contribution in [3.8, 4) is 0 Å². The van der Waals surface area contributed by atoms with Crippen molar-refractivity contribution in [2.75, 3.05) is 12.0 Å². The van der Waals surface area contributed by atoms with Crippen LogP contribution in [-0.2, 0) is 5.75 Å². The van der Waals surface area contributed by atoms with Crippen LogP contribution < -0.4 is 5.73 Å². The Kier molecular flexibility index (Phi) is 4.62. The lowest BCUT2D eigenvalue weighted by Crippen LogP contribution is -2.11. The number of benzene rings is 1. The van der Waals surface area contributed by atoms with Crippen molar-refractivity contribution < 1.29 is 0 Å². The molecular weight excluding hydrogens is 284 g/mol. The van der Waals surface area contributed by atoms with Gasteiger partial charge in [-0.2, -0.15) is 9.67 Å². The van der Waals surface area contributed by atoms with Crippen molar-refractivity contribution in [1.29, 1.82) is 0 Å². The molecule has 0 radical (unpaired) electrons. The molecule has 0 atom stereocenters. The van der Waals surface area contributed by atoms with Gasteiger partial charge in [-0.15, -0.1) is 5.10 Å². The maximum atomic E-state index is 5.76. The Morgan fingerprint density at radius 2 is 2.11 bits per heavy atom. The van der Waals surface area contributed by atoms with Gasteiger partial charge in [-0.3, -0.25) is 0 Å². The second kappa shape index (κ2) is 6.21. The molecule has 1 aromatic carbocycles. The van der Waals surface area contributed by atoms with Crippen LogP contribution in [0.4, 0.5) is 5.95 Å². The predicted octanol–water partition coefficient (Wildman–Crippen LogP) is 2.65. The molecule has 0 aliphatic rings. The molecule has 0 aliphatic carbocycles. The summed E-state index contributed by atoms with van der Waals surface area (Å²) < 4.78 is 2.12. The maximum absolute atomic E-state index is 5.76. The van der Waals surface area contributed by atoms with Crippen LogP contribution in [0.3, 0.4) is 0 Å². The average molecular weight is 296 g/mol. The number of hydrogen-bond donors (Lipinski definition) is 1. The molecule has 0 amide bonds. The van der Waals surface area contributed by atoms with Crippen molar-refractivity contribution >= 4 is 46.0 Å². The van der Waals surface area contributed by atoms with Crippen LogP contribution >= 0.6 is 35.7 Å². The maximum Gasteiger partial charge on any atom is 0.225 e. The summed E-state index contributed by atoms with van der Waals surface area (Å²) in [5.74, 6) is 1.14. The first kappa shape index (κ1) is 13.4. The highest BCUT2D eigenvalue weighted by molar-refractivity contribution is 8.22. The molecule has 0 saturated carbocycles. The number of thioether (sulfide) groups is 2. The first-order valence-electron chi connectivity index (χ1n) is 5.18. The highest BCUT2D eigenvalue weighted by Crippen LogP contribution is 2.18. The molecular formula is C11H12N4S3. The summed E-state index contributed by atoms with van der Waals surface area (Å²) in [4.78, 5) is 4.10. The monoisotopic (exact) mass is 296 g/mol. The van der Waals surface area contributed by atoms with Crippen molar-refractivity contribution in [2.24, 2.45) is 0 Å². The molecule has 1 heterocycles. The smallest absolute Gasteiger partial charge is 0.225 e. The summed E-state index contributed by atoms with van der Waals surface area (Å²) in [6, 6.07) is 10.1. The molecule has 18 heavy (non-hydrogen) atoms. The minimum atomic E-state index is 0.338. The number of nitrogen functional groups attached to an aromatic ring is 1. The zero-order valence-corrected chi connectivity index (χ0v) is 12.2. The fraction of sp³-hybridized carbons (Fsp3) is 0.182. The second-order valence-electron chi connectivity index (χ2n) is 3.41. The Morgan fingerprint density at radius 1 is 1.39 bits per heavy atom. The lowest BCUT2D eigenvalue weighted by molar-refractivity contribution is 0.902. The second-order valence-corrected chi connectivity index (χ2v) is 5.79. The highest BCUT2D eigenvalue weighted by atomic mass is 32.2. The average Bonchev–Trinajstić information content (AvgIpc) is 2.78. The van der Waals surface area contributed by atoms with Gasteiger partial charge in [-0.1, -0.05) is 66.1 Å². The van der Waals surface area contributed by atoms with Gasteiger partial charge in [0, 0.05) is 5.75 Å². The zero-order chi connectivity index (χ0) is 13.0. The molecule has 4 nitrogen and oxygen atoms in total. The summed E-state index contributed by atoms with van der Waals surface area (Å²) >= 11 is 8.27. The summed E-state index contributed by atoms with van der Waals surface area (Å²) in [5.41, 5.74) is 6.98. The standard InChI is InChI=1S/C11H12N4S3/c1-17-10-13-9(12)15(14-10)11(16)18-7-8-5-3-2-4-6-8/h2-6H,7H2,1H3,(H2,12,13,14). The molecule has 1 aromatic heterocycles. The van der Waals surface area contributed by atoms with E-state index in [9.17, 15) is 0 Å². The van der Waals surface area contributed by atoms with Gasteiger partial charge in [0.2, 0.25) is 11.1 Å². The fourth-order valence-corrected chi connectivity index (χ4v) is 2.70. The Bertz CT molecular complexity index is 538. The largest absolute Gasteiger partial charge is 0.368 e. The molecule has 0 fully saturated rings. The fourth-order valence-electron chi connectivity index (χ4n) is 1.31. The quantitative estimate of drug-likeness (QED) is 0.694. The van der Waals surface area contributed by atoms with Gasteiger partial charge >= 0.3 is 0 Å². The van der Waals surface area contributed by atoms with E-state index in [0.717, 1.165) is 5.75 Å². The lowest BCUT2D eigenvalue weighted by atomic mass is 10.2. The van der Waals surface area contributed by atoms with Crippen molar-refractivity contribution in [1.82, 2.24) is 14.8 Å². The number of rotatable bonds is 3. The van der Waals surface area contributed by atoms with E-state index < -0.39 is 0 Å². The van der Waals surface area contributed by atoms with E-state index in [1.807, 2.05) is 24.5 Å². The first-order chi connectivity index (χ1) is 8.70. The number of nitrogens with zero attached hydrogens (tertiary/aromatic N) is 3. The Hall–Kier alpha value is -1.05. The molecule has 94 valence electrons. The van der Waals surface area contributed by atoms with Crippen LogP contribution in [0.2, 0.25) is 0 Å². The molecule has 0 spiro atoms. The van der Waals surface area contributed by atoms with E-state index in [0.29, 0.717) is 15.4 Å². The molecule has 0 bridgehead atoms. The molecule has 0 aliphatic heterocycles. The van der Waals surface area contributed by atoms with Crippen molar-refractivity contribution in [3.63, 3.8) is 0 Å². The Morgan fingerprint density at radius 3 is 2.72 bits per heavy atom. The van der Waals surface area contributed by atoms with Gasteiger partial charge in [0.25, 0.3) is 0 Å². The summed E-state index contributed by atoms with van der Waals surface area (Å²) in [7, 11) is 0.